The molecule has 1 heterocycles. The first-order valence-electron chi connectivity index (χ1n) is 5.36. The third-order valence-corrected chi connectivity index (χ3v) is 2.26. The minimum Gasteiger partial charge on any atom is -0.508 e. The van der Waals surface area contributed by atoms with Gasteiger partial charge in [-0.15, -0.1) is 0 Å². The summed E-state index contributed by atoms with van der Waals surface area (Å²) in [6.07, 6.45) is 1.41. The summed E-state index contributed by atoms with van der Waals surface area (Å²) in [6, 6.07) is 6.52. The summed E-state index contributed by atoms with van der Waals surface area (Å²) < 4.78 is 5.05. The van der Waals surface area contributed by atoms with Gasteiger partial charge in [-0.1, -0.05) is 0 Å². The topological polar surface area (TPSA) is 59.4 Å². The van der Waals surface area contributed by atoms with E-state index in [1.54, 1.807) is 44.3 Å². The summed E-state index contributed by atoms with van der Waals surface area (Å²) in [7, 11) is 0. The highest BCUT2D eigenvalue weighted by Gasteiger charge is 2.11. The van der Waals surface area contributed by atoms with Gasteiger partial charge in [-0.2, -0.15) is 0 Å². The number of carbonyl (C=O) groups is 1. The number of pyridine rings is 1. The SMILES string of the molecule is CC(C)OC(=O)c1cc2cc(O)ccc2cn1. The lowest BCUT2D eigenvalue weighted by Crippen LogP contribution is -2.12. The van der Waals surface area contributed by atoms with Crippen LogP contribution in [-0.4, -0.2) is 22.2 Å². The molecule has 0 radical (unpaired) electrons. The summed E-state index contributed by atoms with van der Waals surface area (Å²) in [5, 5.41) is 11.0. The largest absolute Gasteiger partial charge is 0.508 e. The highest BCUT2D eigenvalue weighted by molar-refractivity contribution is 5.93. The van der Waals surface area contributed by atoms with Crippen LogP contribution in [0.1, 0.15) is 24.3 Å². The van der Waals surface area contributed by atoms with E-state index >= 15 is 0 Å². The van der Waals surface area contributed by atoms with E-state index in [0.717, 1.165) is 10.8 Å². The van der Waals surface area contributed by atoms with Gasteiger partial charge in [0.25, 0.3) is 0 Å². The number of esters is 1. The number of hydrogen-bond donors (Lipinski definition) is 1. The normalized spacial score (nSPS) is 10.8. The van der Waals surface area contributed by atoms with Crippen LogP contribution in [0.4, 0.5) is 0 Å². The number of fused-ring (bicyclic) bond motifs is 1. The molecule has 1 N–H and O–H groups in total. The molecule has 0 saturated heterocycles. The monoisotopic (exact) mass is 231 g/mol. The second-order valence-corrected chi connectivity index (χ2v) is 4.06. The molecule has 0 aliphatic rings. The Bertz CT molecular complexity index is 564. The molecule has 1 aromatic carbocycles. The zero-order valence-corrected chi connectivity index (χ0v) is 9.68. The van der Waals surface area contributed by atoms with Crippen LogP contribution in [0.5, 0.6) is 5.75 Å². The Morgan fingerprint density at radius 1 is 1.29 bits per heavy atom. The molecule has 0 fully saturated rings. The standard InChI is InChI=1S/C13H13NO3/c1-8(2)17-13(16)12-6-10-5-11(15)4-3-9(10)7-14-12/h3-8,15H,1-2H3. The van der Waals surface area contributed by atoms with Crippen LogP contribution in [0, 0.1) is 0 Å². The van der Waals surface area contributed by atoms with Crippen molar-refractivity contribution in [3.8, 4) is 5.75 Å². The van der Waals surface area contributed by atoms with Gasteiger partial charge in [0.05, 0.1) is 6.10 Å². The number of aromatic hydroxyl groups is 1. The van der Waals surface area contributed by atoms with E-state index in [1.807, 2.05) is 0 Å². The number of phenolic OH excluding ortho intramolecular Hbond substituents is 1. The lowest BCUT2D eigenvalue weighted by Gasteiger charge is -2.07. The van der Waals surface area contributed by atoms with Crippen molar-refractivity contribution in [1.82, 2.24) is 4.98 Å². The number of ether oxygens (including phenoxy) is 1. The maximum Gasteiger partial charge on any atom is 0.357 e. The van der Waals surface area contributed by atoms with Crippen molar-refractivity contribution in [2.24, 2.45) is 0 Å². The Morgan fingerprint density at radius 3 is 2.76 bits per heavy atom. The van der Waals surface area contributed by atoms with Crippen LogP contribution >= 0.6 is 0 Å². The van der Waals surface area contributed by atoms with E-state index in [9.17, 15) is 9.90 Å². The van der Waals surface area contributed by atoms with Gasteiger partial charge < -0.3 is 9.84 Å². The van der Waals surface area contributed by atoms with Crippen molar-refractivity contribution in [3.05, 3.63) is 36.2 Å². The van der Waals surface area contributed by atoms with Gasteiger partial charge in [-0.05, 0) is 43.5 Å². The van der Waals surface area contributed by atoms with Gasteiger partial charge in [0, 0.05) is 11.6 Å². The first-order chi connectivity index (χ1) is 8.06. The first kappa shape index (κ1) is 11.4. The van der Waals surface area contributed by atoms with Crippen molar-refractivity contribution >= 4 is 16.7 Å². The summed E-state index contributed by atoms with van der Waals surface area (Å²) in [6.45, 7) is 3.57. The lowest BCUT2D eigenvalue weighted by atomic mass is 10.1. The Kier molecular flexibility index (Phi) is 2.95. The molecule has 4 nitrogen and oxygen atoms in total. The molecule has 0 aliphatic heterocycles. The summed E-state index contributed by atoms with van der Waals surface area (Å²) in [5.74, 6) is -0.294. The Hall–Kier alpha value is -2.10. The molecule has 4 heteroatoms. The fourth-order valence-corrected chi connectivity index (χ4v) is 1.51. The van der Waals surface area contributed by atoms with Crippen LogP contribution in [-0.2, 0) is 4.74 Å². The van der Waals surface area contributed by atoms with Crippen LogP contribution in [0.15, 0.2) is 30.5 Å². The molecule has 17 heavy (non-hydrogen) atoms. The van der Waals surface area contributed by atoms with E-state index in [0.29, 0.717) is 0 Å². The number of nitrogens with zero attached hydrogens (tertiary/aromatic N) is 1. The maximum atomic E-state index is 11.6. The lowest BCUT2D eigenvalue weighted by molar-refractivity contribution is 0.0371. The molecule has 0 unspecified atom stereocenters. The average molecular weight is 231 g/mol. The second-order valence-electron chi connectivity index (χ2n) is 4.06. The predicted molar refractivity (Wildman–Crippen MR) is 64.0 cm³/mol. The van der Waals surface area contributed by atoms with Crippen LogP contribution in [0.2, 0.25) is 0 Å². The highest BCUT2D eigenvalue weighted by atomic mass is 16.5. The molecule has 2 rings (SSSR count). The summed E-state index contributed by atoms with van der Waals surface area (Å²) >= 11 is 0. The number of carbonyl (C=O) groups excluding carboxylic acids is 1. The van der Waals surface area contributed by atoms with E-state index in [4.69, 9.17) is 4.74 Å². The number of rotatable bonds is 2. The third-order valence-electron chi connectivity index (χ3n) is 2.26. The molecule has 0 bridgehead atoms. The fraction of sp³-hybridized carbons (Fsp3) is 0.231. The van der Waals surface area contributed by atoms with Crippen molar-refractivity contribution in [2.75, 3.05) is 0 Å². The maximum absolute atomic E-state index is 11.6. The van der Waals surface area contributed by atoms with Crippen molar-refractivity contribution in [2.45, 2.75) is 20.0 Å². The fourth-order valence-electron chi connectivity index (χ4n) is 1.51. The summed E-state index contributed by atoms with van der Waals surface area (Å²) in [4.78, 5) is 15.7. The van der Waals surface area contributed by atoms with E-state index in [1.165, 1.54) is 0 Å². The minimum absolute atomic E-state index is 0.159. The minimum atomic E-state index is -0.453. The van der Waals surface area contributed by atoms with Gasteiger partial charge >= 0.3 is 5.97 Å². The molecule has 2 aromatic rings. The third kappa shape index (κ3) is 2.53. The zero-order chi connectivity index (χ0) is 12.4. The Morgan fingerprint density at radius 2 is 2.06 bits per heavy atom. The number of benzene rings is 1. The van der Waals surface area contributed by atoms with E-state index in [2.05, 4.69) is 4.98 Å². The van der Waals surface area contributed by atoms with E-state index in [-0.39, 0.29) is 17.5 Å². The molecule has 88 valence electrons. The molecule has 0 atom stereocenters. The van der Waals surface area contributed by atoms with Crippen molar-refractivity contribution < 1.29 is 14.6 Å². The average Bonchev–Trinajstić information content (AvgIpc) is 2.27. The molecule has 0 amide bonds. The van der Waals surface area contributed by atoms with Crippen LogP contribution in [0.25, 0.3) is 10.8 Å². The predicted octanol–water partition coefficient (Wildman–Crippen LogP) is 2.51. The van der Waals surface area contributed by atoms with Crippen molar-refractivity contribution in [1.29, 1.82) is 0 Å². The molecular formula is C13H13NO3. The number of hydrogen-bond acceptors (Lipinski definition) is 4. The molecule has 0 saturated carbocycles. The smallest absolute Gasteiger partial charge is 0.357 e. The number of phenols is 1. The molecular weight excluding hydrogens is 218 g/mol. The summed E-state index contributed by atoms with van der Waals surface area (Å²) in [5.41, 5.74) is 0.247. The van der Waals surface area contributed by atoms with Gasteiger partial charge in [0.15, 0.2) is 0 Å². The van der Waals surface area contributed by atoms with Crippen LogP contribution < -0.4 is 0 Å². The van der Waals surface area contributed by atoms with Crippen LogP contribution in [0.3, 0.4) is 0 Å². The van der Waals surface area contributed by atoms with Gasteiger partial charge in [0.2, 0.25) is 0 Å². The van der Waals surface area contributed by atoms with Crippen molar-refractivity contribution in [3.63, 3.8) is 0 Å². The zero-order valence-electron chi connectivity index (χ0n) is 9.68. The molecule has 0 aliphatic carbocycles. The second kappa shape index (κ2) is 4.41. The Labute approximate surface area is 98.9 Å². The van der Waals surface area contributed by atoms with E-state index < -0.39 is 5.97 Å². The molecule has 1 aromatic heterocycles. The van der Waals surface area contributed by atoms with Gasteiger partial charge in [-0.3, -0.25) is 0 Å². The van der Waals surface area contributed by atoms with Gasteiger partial charge in [0.1, 0.15) is 11.4 Å². The first-order valence-corrected chi connectivity index (χ1v) is 5.36. The van der Waals surface area contributed by atoms with Gasteiger partial charge in [-0.25, -0.2) is 9.78 Å². The quantitative estimate of drug-likeness (QED) is 0.807. The molecule has 0 spiro atoms. The number of aromatic nitrogens is 1. The Balaban J connectivity index is 2.40. The highest BCUT2D eigenvalue weighted by Crippen LogP contribution is 2.20.